The zero-order chi connectivity index (χ0) is 50.7. The number of allylic oxidation sites excluding steroid dienone is 12. The first-order valence-electron chi connectivity index (χ1n) is 29.9. The summed E-state index contributed by atoms with van der Waals surface area (Å²) in [6, 6.07) is 0. The number of hydrogen-bond donors (Lipinski definition) is 0. The largest absolute Gasteiger partial charge is 0.462 e. The molecular formula is C64H112O6. The molecule has 0 aromatic rings. The van der Waals surface area contributed by atoms with E-state index in [1.54, 1.807) is 0 Å². The van der Waals surface area contributed by atoms with Gasteiger partial charge in [0.15, 0.2) is 6.10 Å². The molecule has 0 aliphatic rings. The summed E-state index contributed by atoms with van der Waals surface area (Å²) in [4.78, 5) is 38.2. The Kier molecular flexibility index (Phi) is 55.8. The van der Waals surface area contributed by atoms with E-state index >= 15 is 0 Å². The van der Waals surface area contributed by atoms with Crippen LogP contribution in [0.15, 0.2) is 72.9 Å². The molecular weight excluding hydrogens is 865 g/mol. The molecule has 0 heterocycles. The van der Waals surface area contributed by atoms with Gasteiger partial charge in [0.2, 0.25) is 0 Å². The van der Waals surface area contributed by atoms with Gasteiger partial charge in [-0.3, -0.25) is 14.4 Å². The van der Waals surface area contributed by atoms with Crippen molar-refractivity contribution in [2.45, 2.75) is 303 Å². The second-order valence-corrected chi connectivity index (χ2v) is 19.9. The number of unbranched alkanes of at least 4 members (excludes halogenated alkanes) is 31. The molecule has 6 heteroatoms. The van der Waals surface area contributed by atoms with Gasteiger partial charge in [-0.05, 0) is 109 Å². The third kappa shape index (κ3) is 55.8. The van der Waals surface area contributed by atoms with Crippen LogP contribution in [0.2, 0.25) is 0 Å². The van der Waals surface area contributed by atoms with Gasteiger partial charge >= 0.3 is 17.9 Å². The Morgan fingerprint density at radius 2 is 0.529 bits per heavy atom. The lowest BCUT2D eigenvalue weighted by molar-refractivity contribution is -0.167. The molecule has 0 saturated carbocycles. The zero-order valence-electron chi connectivity index (χ0n) is 46.3. The molecule has 6 nitrogen and oxygen atoms in total. The summed E-state index contributed by atoms with van der Waals surface area (Å²) in [7, 11) is 0. The Bertz CT molecular complexity index is 1310. The minimum Gasteiger partial charge on any atom is -0.462 e. The predicted molar refractivity (Wildman–Crippen MR) is 302 cm³/mol. The number of rotatable bonds is 54. The van der Waals surface area contributed by atoms with Gasteiger partial charge in [-0.1, -0.05) is 241 Å². The number of carbonyl (C=O) groups excluding carboxylic acids is 3. The molecule has 0 bridgehead atoms. The summed E-state index contributed by atoms with van der Waals surface area (Å²) in [5.74, 6) is -0.907. The van der Waals surface area contributed by atoms with E-state index in [0.717, 1.165) is 109 Å². The lowest BCUT2D eigenvalue weighted by Crippen LogP contribution is -2.30. The van der Waals surface area contributed by atoms with Crippen molar-refractivity contribution in [1.82, 2.24) is 0 Å². The van der Waals surface area contributed by atoms with E-state index in [1.165, 1.54) is 148 Å². The van der Waals surface area contributed by atoms with Crippen molar-refractivity contribution >= 4 is 17.9 Å². The zero-order valence-corrected chi connectivity index (χ0v) is 46.3. The van der Waals surface area contributed by atoms with Crippen molar-refractivity contribution < 1.29 is 28.6 Å². The summed E-state index contributed by atoms with van der Waals surface area (Å²) in [5, 5.41) is 0. The average molecular weight is 978 g/mol. The first-order chi connectivity index (χ1) is 34.5. The van der Waals surface area contributed by atoms with Crippen molar-refractivity contribution in [2.24, 2.45) is 0 Å². The smallest absolute Gasteiger partial charge is 0.306 e. The molecule has 0 rings (SSSR count). The minimum absolute atomic E-state index is 0.0860. The van der Waals surface area contributed by atoms with Crippen molar-refractivity contribution in [3.8, 4) is 0 Å². The van der Waals surface area contributed by atoms with E-state index in [-0.39, 0.29) is 31.1 Å². The quantitative estimate of drug-likeness (QED) is 0.0261. The molecule has 0 aliphatic heterocycles. The van der Waals surface area contributed by atoms with Crippen LogP contribution in [0.3, 0.4) is 0 Å². The van der Waals surface area contributed by atoms with E-state index < -0.39 is 6.10 Å². The van der Waals surface area contributed by atoms with Crippen LogP contribution in [0.25, 0.3) is 0 Å². The highest BCUT2D eigenvalue weighted by Gasteiger charge is 2.19. The highest BCUT2D eigenvalue weighted by molar-refractivity contribution is 5.71. The fourth-order valence-corrected chi connectivity index (χ4v) is 8.34. The molecule has 1 unspecified atom stereocenters. The molecule has 404 valence electrons. The Balaban J connectivity index is 4.34. The van der Waals surface area contributed by atoms with Crippen molar-refractivity contribution in [3.63, 3.8) is 0 Å². The van der Waals surface area contributed by atoms with Gasteiger partial charge in [-0.15, -0.1) is 0 Å². The van der Waals surface area contributed by atoms with Gasteiger partial charge in [0.05, 0.1) is 0 Å². The van der Waals surface area contributed by atoms with Crippen LogP contribution in [-0.2, 0) is 28.6 Å². The monoisotopic (exact) mass is 977 g/mol. The maximum absolute atomic E-state index is 12.9. The summed E-state index contributed by atoms with van der Waals surface area (Å²) >= 11 is 0. The van der Waals surface area contributed by atoms with E-state index in [0.29, 0.717) is 19.3 Å². The molecule has 0 aliphatic carbocycles. The lowest BCUT2D eigenvalue weighted by atomic mass is 10.0. The lowest BCUT2D eigenvalue weighted by Gasteiger charge is -2.18. The molecule has 0 saturated heterocycles. The first-order valence-corrected chi connectivity index (χ1v) is 29.9. The van der Waals surface area contributed by atoms with Gasteiger partial charge in [-0.2, -0.15) is 0 Å². The van der Waals surface area contributed by atoms with Gasteiger partial charge in [0.25, 0.3) is 0 Å². The van der Waals surface area contributed by atoms with Crippen LogP contribution in [-0.4, -0.2) is 37.2 Å². The molecule has 70 heavy (non-hydrogen) atoms. The van der Waals surface area contributed by atoms with Crippen LogP contribution in [0.1, 0.15) is 297 Å². The third-order valence-corrected chi connectivity index (χ3v) is 12.9. The average Bonchev–Trinajstić information content (AvgIpc) is 3.36. The molecule has 0 amide bonds. The van der Waals surface area contributed by atoms with Gasteiger partial charge in [0.1, 0.15) is 13.2 Å². The maximum atomic E-state index is 12.9. The van der Waals surface area contributed by atoms with Crippen LogP contribution in [0.5, 0.6) is 0 Å². The van der Waals surface area contributed by atoms with Gasteiger partial charge in [-0.25, -0.2) is 0 Å². The first kappa shape index (κ1) is 66.9. The topological polar surface area (TPSA) is 78.9 Å². The van der Waals surface area contributed by atoms with Crippen molar-refractivity contribution in [3.05, 3.63) is 72.9 Å². The molecule has 0 aromatic carbocycles. The Labute approximate surface area is 433 Å². The summed E-state index contributed by atoms with van der Waals surface area (Å²) in [6.45, 7) is 6.56. The second-order valence-electron chi connectivity index (χ2n) is 19.9. The van der Waals surface area contributed by atoms with E-state index in [2.05, 4.69) is 93.7 Å². The second kappa shape index (κ2) is 58.4. The summed E-state index contributed by atoms with van der Waals surface area (Å²) < 4.78 is 16.9. The number of ether oxygens (including phenoxy) is 3. The van der Waals surface area contributed by atoms with Gasteiger partial charge in [0, 0.05) is 19.3 Å². The number of hydrogen-bond acceptors (Lipinski definition) is 6. The Morgan fingerprint density at radius 3 is 0.857 bits per heavy atom. The van der Waals surface area contributed by atoms with Gasteiger partial charge < -0.3 is 14.2 Å². The van der Waals surface area contributed by atoms with E-state index in [4.69, 9.17) is 14.2 Å². The third-order valence-electron chi connectivity index (χ3n) is 12.9. The maximum Gasteiger partial charge on any atom is 0.306 e. The Hall–Kier alpha value is -3.15. The molecule has 0 fully saturated rings. The van der Waals surface area contributed by atoms with E-state index in [1.807, 2.05) is 0 Å². The van der Waals surface area contributed by atoms with Crippen LogP contribution >= 0.6 is 0 Å². The standard InChI is InChI=1S/C64H112O6/c1-4-7-10-13-16-19-22-25-28-29-30-31-32-33-34-35-37-39-42-45-48-51-54-57-63(66)69-60-61(59-68-62(65)56-53-50-47-44-41-38-27-24-21-18-15-12-9-6-3)70-64(67)58-55-52-49-46-43-40-36-26-23-20-17-14-11-8-5-2/h15,17-18,20,22,24-27,29-30,36,61H,4-14,16,19,21,23,28,31-35,37-60H2,1-3H3/b18-15-,20-17-,25-22-,27-24-,30-29-,36-26-. The summed E-state index contributed by atoms with van der Waals surface area (Å²) in [6.07, 6.45) is 74.6. The molecule has 0 spiro atoms. The SMILES string of the molecule is CCCC/C=C\C/C=C\CCCCCCCC(=O)OCC(COC(=O)CCCCCCCCCCCCC/C=C\C/C=C\CCCCCCC)OC(=O)CCCCCCC/C=C\C/C=C\CCCCC. The molecule has 0 N–H and O–H groups in total. The molecule has 1 atom stereocenters. The highest BCUT2D eigenvalue weighted by atomic mass is 16.6. The molecule has 0 aromatic heterocycles. The number of carbonyl (C=O) groups is 3. The fraction of sp³-hybridized carbons (Fsp3) is 0.766. The fourth-order valence-electron chi connectivity index (χ4n) is 8.34. The summed E-state index contributed by atoms with van der Waals surface area (Å²) in [5.41, 5.74) is 0. The van der Waals surface area contributed by atoms with Crippen molar-refractivity contribution in [1.29, 1.82) is 0 Å². The van der Waals surface area contributed by atoms with Crippen LogP contribution < -0.4 is 0 Å². The van der Waals surface area contributed by atoms with Crippen molar-refractivity contribution in [2.75, 3.05) is 13.2 Å². The minimum atomic E-state index is -0.790. The predicted octanol–water partition coefficient (Wildman–Crippen LogP) is 20.2. The highest BCUT2D eigenvalue weighted by Crippen LogP contribution is 2.15. The van der Waals surface area contributed by atoms with Crippen LogP contribution in [0, 0.1) is 0 Å². The van der Waals surface area contributed by atoms with Crippen LogP contribution in [0.4, 0.5) is 0 Å². The van der Waals surface area contributed by atoms with E-state index in [9.17, 15) is 14.4 Å². The Morgan fingerprint density at radius 1 is 0.286 bits per heavy atom. The molecule has 0 radical (unpaired) electrons. The normalized spacial score (nSPS) is 12.6. The number of esters is 3.